The molecule has 3 heteroatoms. The summed E-state index contributed by atoms with van der Waals surface area (Å²) in [7, 11) is 1.74. The lowest BCUT2D eigenvalue weighted by molar-refractivity contribution is 0.114. The van der Waals surface area contributed by atoms with E-state index in [1.54, 1.807) is 7.11 Å². The van der Waals surface area contributed by atoms with Crippen LogP contribution in [-0.2, 0) is 11.2 Å². The van der Waals surface area contributed by atoms with Crippen molar-refractivity contribution >= 4 is 5.69 Å². The van der Waals surface area contributed by atoms with Crippen LogP contribution in [0.1, 0.15) is 18.4 Å². The van der Waals surface area contributed by atoms with Crippen LogP contribution in [0.5, 0.6) is 0 Å². The number of benzene rings is 1. The lowest BCUT2D eigenvalue weighted by Crippen LogP contribution is -2.38. The van der Waals surface area contributed by atoms with Gasteiger partial charge in [-0.1, -0.05) is 18.2 Å². The molecule has 94 valence electrons. The zero-order valence-electron chi connectivity index (χ0n) is 10.6. The molecule has 1 atom stereocenters. The molecule has 0 fully saturated rings. The third-order valence-electron chi connectivity index (χ3n) is 3.48. The van der Waals surface area contributed by atoms with E-state index in [9.17, 15) is 0 Å². The predicted molar refractivity (Wildman–Crippen MR) is 71.4 cm³/mol. The summed E-state index contributed by atoms with van der Waals surface area (Å²) in [5.74, 6) is 0. The van der Waals surface area contributed by atoms with Gasteiger partial charge in [-0.2, -0.15) is 0 Å². The molecular weight excluding hydrogens is 212 g/mol. The number of methoxy groups -OCH3 is 1. The molecular formula is C14H22N2O. The van der Waals surface area contributed by atoms with Gasteiger partial charge in [0.2, 0.25) is 0 Å². The first-order chi connectivity index (χ1) is 8.35. The van der Waals surface area contributed by atoms with Gasteiger partial charge in [-0.25, -0.2) is 0 Å². The van der Waals surface area contributed by atoms with Crippen LogP contribution in [0.25, 0.3) is 0 Å². The predicted octanol–water partition coefficient (Wildman–Crippen LogP) is 1.80. The Bertz CT molecular complexity index is 350. The van der Waals surface area contributed by atoms with E-state index in [1.807, 2.05) is 0 Å². The second-order valence-electron chi connectivity index (χ2n) is 4.63. The first kappa shape index (κ1) is 12.4. The van der Waals surface area contributed by atoms with Crippen molar-refractivity contribution in [2.75, 3.05) is 31.6 Å². The van der Waals surface area contributed by atoms with Crippen LogP contribution in [0.3, 0.4) is 0 Å². The first-order valence-corrected chi connectivity index (χ1v) is 6.41. The molecule has 3 nitrogen and oxygen atoms in total. The fourth-order valence-electron chi connectivity index (χ4n) is 2.45. The molecule has 0 aliphatic carbocycles. The molecule has 0 amide bonds. The Kier molecular flexibility index (Phi) is 4.40. The molecule has 0 spiro atoms. The van der Waals surface area contributed by atoms with Crippen molar-refractivity contribution in [1.82, 2.24) is 0 Å². The minimum Gasteiger partial charge on any atom is -0.378 e. The van der Waals surface area contributed by atoms with Crippen LogP contribution in [0, 0.1) is 0 Å². The van der Waals surface area contributed by atoms with Gasteiger partial charge < -0.3 is 15.4 Å². The van der Waals surface area contributed by atoms with E-state index in [0.717, 1.165) is 13.1 Å². The van der Waals surface area contributed by atoms with Crippen molar-refractivity contribution < 1.29 is 4.74 Å². The van der Waals surface area contributed by atoms with Gasteiger partial charge in [0.05, 0.1) is 6.10 Å². The molecule has 1 aliphatic heterocycles. The number of nitrogens with zero attached hydrogens (tertiary/aromatic N) is 1. The molecule has 1 heterocycles. The van der Waals surface area contributed by atoms with Crippen LogP contribution < -0.4 is 10.6 Å². The molecule has 0 bridgehead atoms. The largest absolute Gasteiger partial charge is 0.378 e. The number of nitrogens with two attached hydrogens (primary N) is 1. The number of anilines is 1. The average Bonchev–Trinajstić information content (AvgIpc) is 2.58. The lowest BCUT2D eigenvalue weighted by Gasteiger charge is -2.28. The Morgan fingerprint density at radius 1 is 1.35 bits per heavy atom. The number of hydrogen-bond acceptors (Lipinski definition) is 3. The van der Waals surface area contributed by atoms with Gasteiger partial charge in [0, 0.05) is 32.4 Å². The Labute approximate surface area is 104 Å². The molecule has 1 aromatic rings. The molecule has 0 radical (unpaired) electrons. The van der Waals surface area contributed by atoms with Crippen molar-refractivity contribution in [3.05, 3.63) is 29.8 Å². The standard InChI is InChI=1S/C14H22N2O/c1-17-13(10-15)11-16-9-5-4-7-12-6-2-3-8-14(12)16/h2-3,6,8,13H,4-5,7,9-11,15H2,1H3. The van der Waals surface area contributed by atoms with Gasteiger partial charge in [0.15, 0.2) is 0 Å². The molecule has 0 saturated heterocycles. The second-order valence-corrected chi connectivity index (χ2v) is 4.63. The average molecular weight is 234 g/mol. The van der Waals surface area contributed by atoms with Crippen LogP contribution in [0.15, 0.2) is 24.3 Å². The number of hydrogen-bond donors (Lipinski definition) is 1. The topological polar surface area (TPSA) is 38.5 Å². The van der Waals surface area contributed by atoms with Crippen LogP contribution in [-0.4, -0.2) is 32.8 Å². The van der Waals surface area contributed by atoms with Crippen molar-refractivity contribution in [1.29, 1.82) is 0 Å². The molecule has 2 N–H and O–H groups in total. The number of fused-ring (bicyclic) bond motifs is 1. The summed E-state index contributed by atoms with van der Waals surface area (Å²) in [6.07, 6.45) is 3.83. The van der Waals surface area contributed by atoms with E-state index in [0.29, 0.717) is 6.54 Å². The number of rotatable bonds is 4. The van der Waals surface area contributed by atoms with E-state index >= 15 is 0 Å². The van der Waals surface area contributed by atoms with E-state index in [1.165, 1.54) is 30.5 Å². The fourth-order valence-corrected chi connectivity index (χ4v) is 2.45. The summed E-state index contributed by atoms with van der Waals surface area (Å²) in [5, 5.41) is 0. The van der Waals surface area contributed by atoms with E-state index in [-0.39, 0.29) is 6.10 Å². The molecule has 1 unspecified atom stereocenters. The summed E-state index contributed by atoms with van der Waals surface area (Å²) in [6.45, 7) is 2.58. The number of para-hydroxylation sites is 1. The Morgan fingerprint density at radius 3 is 2.94 bits per heavy atom. The van der Waals surface area contributed by atoms with Crippen molar-refractivity contribution in [2.45, 2.75) is 25.4 Å². The third kappa shape index (κ3) is 2.99. The molecule has 2 rings (SSSR count). The summed E-state index contributed by atoms with van der Waals surface area (Å²) >= 11 is 0. The fraction of sp³-hybridized carbons (Fsp3) is 0.571. The van der Waals surface area contributed by atoms with Gasteiger partial charge in [-0.15, -0.1) is 0 Å². The monoisotopic (exact) mass is 234 g/mol. The maximum absolute atomic E-state index is 5.71. The smallest absolute Gasteiger partial charge is 0.0867 e. The highest BCUT2D eigenvalue weighted by Crippen LogP contribution is 2.26. The second kappa shape index (κ2) is 6.03. The van der Waals surface area contributed by atoms with Crippen molar-refractivity contribution in [3.8, 4) is 0 Å². The number of ether oxygens (including phenoxy) is 1. The van der Waals surface area contributed by atoms with E-state index in [2.05, 4.69) is 29.2 Å². The summed E-state index contributed by atoms with van der Waals surface area (Å²) in [5.41, 5.74) is 8.52. The highest BCUT2D eigenvalue weighted by Gasteiger charge is 2.17. The lowest BCUT2D eigenvalue weighted by atomic mass is 10.1. The minimum atomic E-state index is 0.126. The highest BCUT2D eigenvalue weighted by atomic mass is 16.5. The van der Waals surface area contributed by atoms with Gasteiger partial charge in [0.25, 0.3) is 0 Å². The SMILES string of the molecule is COC(CN)CN1CCCCc2ccccc21. The molecule has 0 saturated carbocycles. The zero-order valence-corrected chi connectivity index (χ0v) is 10.6. The Morgan fingerprint density at radius 2 is 2.18 bits per heavy atom. The number of aryl methyl sites for hydroxylation is 1. The van der Waals surface area contributed by atoms with E-state index in [4.69, 9.17) is 10.5 Å². The van der Waals surface area contributed by atoms with E-state index < -0.39 is 0 Å². The van der Waals surface area contributed by atoms with Crippen LogP contribution in [0.2, 0.25) is 0 Å². The van der Waals surface area contributed by atoms with Crippen molar-refractivity contribution in [3.63, 3.8) is 0 Å². The van der Waals surface area contributed by atoms with Gasteiger partial charge >= 0.3 is 0 Å². The van der Waals surface area contributed by atoms with Crippen LogP contribution in [0.4, 0.5) is 5.69 Å². The van der Waals surface area contributed by atoms with Crippen LogP contribution >= 0.6 is 0 Å². The summed E-state index contributed by atoms with van der Waals surface area (Å²) in [4.78, 5) is 2.42. The maximum Gasteiger partial charge on any atom is 0.0867 e. The third-order valence-corrected chi connectivity index (χ3v) is 3.48. The molecule has 1 aliphatic rings. The molecule has 17 heavy (non-hydrogen) atoms. The Balaban J connectivity index is 2.16. The van der Waals surface area contributed by atoms with Gasteiger partial charge in [-0.05, 0) is 30.9 Å². The van der Waals surface area contributed by atoms with Gasteiger partial charge in [0.1, 0.15) is 0 Å². The zero-order chi connectivity index (χ0) is 12.1. The maximum atomic E-state index is 5.71. The summed E-state index contributed by atoms with van der Waals surface area (Å²) < 4.78 is 5.39. The molecule has 1 aromatic carbocycles. The normalized spacial score (nSPS) is 17.4. The molecule has 0 aromatic heterocycles. The first-order valence-electron chi connectivity index (χ1n) is 6.41. The Hall–Kier alpha value is -1.06. The van der Waals surface area contributed by atoms with Gasteiger partial charge in [-0.3, -0.25) is 0 Å². The summed E-state index contributed by atoms with van der Waals surface area (Å²) in [6, 6.07) is 8.68. The quantitative estimate of drug-likeness (QED) is 0.863. The van der Waals surface area contributed by atoms with Crippen molar-refractivity contribution in [2.24, 2.45) is 5.73 Å². The minimum absolute atomic E-state index is 0.126. The highest BCUT2D eigenvalue weighted by molar-refractivity contribution is 5.54.